The van der Waals surface area contributed by atoms with Gasteiger partial charge in [-0.25, -0.2) is 9.67 Å². The van der Waals surface area contributed by atoms with Gasteiger partial charge in [-0.05, 0) is 30.5 Å². The molecule has 1 aromatic carbocycles. The van der Waals surface area contributed by atoms with Crippen LogP contribution in [0.1, 0.15) is 18.4 Å². The molecule has 0 unspecified atom stereocenters. The van der Waals surface area contributed by atoms with Crippen molar-refractivity contribution in [2.24, 2.45) is 0 Å². The fraction of sp³-hybridized carbons (Fsp3) is 0.300. The number of aromatic nitrogens is 5. The topological polar surface area (TPSA) is 72.3 Å². The van der Waals surface area contributed by atoms with Crippen molar-refractivity contribution >= 4 is 21.8 Å². The Hall–Kier alpha value is -3.55. The monoisotopic (exact) mass is 432 g/mol. The van der Waals surface area contributed by atoms with E-state index in [1.54, 1.807) is 6.20 Å². The Morgan fingerprint density at radius 3 is 2.52 bits per heavy atom. The number of nitrogens with zero attached hydrogens (tertiary/aromatic N) is 6. The molecule has 3 aromatic heterocycles. The van der Waals surface area contributed by atoms with Crippen molar-refractivity contribution < 1.29 is 22.0 Å². The third-order valence-corrected chi connectivity index (χ3v) is 5.54. The molecular formula is C20H13F5N6. The number of hydrogen-bond acceptors (Lipinski definition) is 4. The fourth-order valence-electron chi connectivity index (χ4n) is 3.52. The minimum Gasteiger partial charge on any atom is -0.257 e. The molecule has 0 spiro atoms. The molecule has 0 N–H and O–H groups in total. The van der Waals surface area contributed by atoms with Gasteiger partial charge in [0, 0.05) is 17.0 Å². The van der Waals surface area contributed by atoms with E-state index in [2.05, 4.69) is 21.3 Å². The minimum absolute atomic E-state index is 0.0522. The molecule has 0 saturated heterocycles. The molecule has 1 saturated carbocycles. The largest absolute Gasteiger partial charge is 0.455 e. The second kappa shape index (κ2) is 6.23. The third-order valence-electron chi connectivity index (χ3n) is 5.54. The van der Waals surface area contributed by atoms with Gasteiger partial charge in [0.25, 0.3) is 0 Å². The molecule has 0 amide bonds. The van der Waals surface area contributed by atoms with E-state index in [0.717, 1.165) is 23.8 Å². The number of rotatable bonds is 4. The minimum atomic E-state index is -5.67. The number of nitriles is 1. The average Bonchev–Trinajstić information content (AvgIpc) is 3.25. The third kappa shape index (κ3) is 3.10. The molecule has 6 nitrogen and oxygen atoms in total. The molecule has 11 heteroatoms. The average molecular weight is 432 g/mol. The molecule has 0 radical (unpaired) electrons. The molecular weight excluding hydrogens is 419 g/mol. The highest BCUT2D eigenvalue weighted by molar-refractivity contribution is 5.81. The summed E-state index contributed by atoms with van der Waals surface area (Å²) in [5.74, 6) is -4.56. The van der Waals surface area contributed by atoms with E-state index in [9.17, 15) is 27.2 Å². The molecule has 5 rings (SSSR count). The van der Waals surface area contributed by atoms with Gasteiger partial charge in [0.1, 0.15) is 6.54 Å². The molecule has 158 valence electrons. The summed E-state index contributed by atoms with van der Waals surface area (Å²) in [6.45, 7) is -1.63. The van der Waals surface area contributed by atoms with Gasteiger partial charge in [0.05, 0.1) is 34.9 Å². The highest BCUT2D eigenvalue weighted by Crippen LogP contribution is 2.48. The van der Waals surface area contributed by atoms with Gasteiger partial charge in [-0.2, -0.15) is 37.4 Å². The lowest BCUT2D eigenvalue weighted by Crippen LogP contribution is -2.40. The Labute approximate surface area is 171 Å². The standard InChI is InChI=1S/C20H13F5N6/c21-19(22,20(23,24)25)11-31-16-8-27-17(5-13(16)7-28-31)30-9-12-1-2-14(6-15(12)29-30)18(10-26)3-4-18/h1-2,5-9H,3-4,11H2. The van der Waals surface area contributed by atoms with Crippen molar-refractivity contribution in [2.75, 3.05) is 0 Å². The van der Waals surface area contributed by atoms with E-state index in [-0.39, 0.29) is 5.52 Å². The summed E-state index contributed by atoms with van der Waals surface area (Å²) >= 11 is 0. The molecule has 0 aliphatic heterocycles. The lowest BCUT2D eigenvalue weighted by molar-refractivity contribution is -0.287. The van der Waals surface area contributed by atoms with Gasteiger partial charge in [0.15, 0.2) is 5.82 Å². The van der Waals surface area contributed by atoms with Crippen molar-refractivity contribution in [3.63, 3.8) is 0 Å². The molecule has 0 atom stereocenters. The zero-order valence-electron chi connectivity index (χ0n) is 15.7. The number of alkyl halides is 5. The Bertz CT molecular complexity index is 1360. The number of fused-ring (bicyclic) bond motifs is 2. The number of benzene rings is 1. The Kier molecular flexibility index (Phi) is 3.90. The number of pyridine rings is 1. The first kappa shape index (κ1) is 19.4. The summed E-state index contributed by atoms with van der Waals surface area (Å²) in [4.78, 5) is 4.16. The molecule has 1 aliphatic carbocycles. The van der Waals surface area contributed by atoms with Crippen molar-refractivity contribution in [3.05, 3.63) is 48.4 Å². The maximum Gasteiger partial charge on any atom is 0.455 e. The fourth-order valence-corrected chi connectivity index (χ4v) is 3.52. The van der Waals surface area contributed by atoms with Crippen molar-refractivity contribution in [3.8, 4) is 11.9 Å². The zero-order chi connectivity index (χ0) is 22.0. The maximum absolute atomic E-state index is 13.4. The van der Waals surface area contributed by atoms with Crippen LogP contribution in [0.15, 0.2) is 42.9 Å². The van der Waals surface area contributed by atoms with E-state index >= 15 is 0 Å². The molecule has 0 bridgehead atoms. The van der Waals surface area contributed by atoms with Crippen LogP contribution in [-0.4, -0.2) is 36.6 Å². The molecule has 3 heterocycles. The van der Waals surface area contributed by atoms with Crippen LogP contribution >= 0.6 is 0 Å². The molecule has 31 heavy (non-hydrogen) atoms. The predicted octanol–water partition coefficient (Wildman–Crippen LogP) is 4.52. The van der Waals surface area contributed by atoms with Gasteiger partial charge in [-0.1, -0.05) is 12.1 Å². The number of halogens is 5. The van der Waals surface area contributed by atoms with Gasteiger partial charge < -0.3 is 0 Å². The van der Waals surface area contributed by atoms with Crippen LogP contribution in [0.25, 0.3) is 27.6 Å². The van der Waals surface area contributed by atoms with E-state index in [4.69, 9.17) is 0 Å². The molecule has 4 aromatic rings. The van der Waals surface area contributed by atoms with Gasteiger partial charge in [-0.15, -0.1) is 0 Å². The zero-order valence-corrected chi connectivity index (χ0v) is 15.7. The summed E-state index contributed by atoms with van der Waals surface area (Å²) < 4.78 is 66.4. The van der Waals surface area contributed by atoms with Gasteiger partial charge >= 0.3 is 12.1 Å². The van der Waals surface area contributed by atoms with Crippen LogP contribution in [0.3, 0.4) is 0 Å². The SMILES string of the molecule is N#CC1(c2ccc3cn(-c4cc5cnn(CC(F)(F)C(F)(F)F)c5cn4)nc3c2)CC1. The van der Waals surface area contributed by atoms with Crippen LogP contribution in [0.5, 0.6) is 0 Å². The smallest absolute Gasteiger partial charge is 0.257 e. The van der Waals surface area contributed by atoms with Crippen LogP contribution in [-0.2, 0) is 12.0 Å². The van der Waals surface area contributed by atoms with E-state index in [0.29, 0.717) is 21.4 Å². The van der Waals surface area contributed by atoms with Crippen molar-refractivity contribution in [2.45, 2.75) is 36.9 Å². The summed E-state index contributed by atoms with van der Waals surface area (Å²) in [5.41, 5.74) is 1.18. The first-order valence-corrected chi connectivity index (χ1v) is 9.30. The van der Waals surface area contributed by atoms with Crippen LogP contribution in [0.2, 0.25) is 0 Å². The summed E-state index contributed by atoms with van der Waals surface area (Å²) in [5, 5.41) is 18.7. The van der Waals surface area contributed by atoms with E-state index in [1.165, 1.54) is 23.1 Å². The quantitative estimate of drug-likeness (QED) is 0.445. The van der Waals surface area contributed by atoms with Crippen LogP contribution < -0.4 is 0 Å². The summed E-state index contributed by atoms with van der Waals surface area (Å²) in [6.07, 6.45) is 0.0736. The lowest BCUT2D eigenvalue weighted by atomic mass is 9.97. The Morgan fingerprint density at radius 2 is 1.84 bits per heavy atom. The molecule has 1 fully saturated rings. The maximum atomic E-state index is 13.4. The van der Waals surface area contributed by atoms with E-state index in [1.807, 2.05) is 18.2 Å². The van der Waals surface area contributed by atoms with E-state index < -0.39 is 24.1 Å². The van der Waals surface area contributed by atoms with Crippen molar-refractivity contribution in [1.29, 1.82) is 5.26 Å². The molecule has 1 aliphatic rings. The number of hydrogen-bond donors (Lipinski definition) is 0. The first-order chi connectivity index (χ1) is 14.6. The predicted molar refractivity (Wildman–Crippen MR) is 99.7 cm³/mol. The van der Waals surface area contributed by atoms with Gasteiger partial charge in [-0.3, -0.25) is 4.68 Å². The lowest BCUT2D eigenvalue weighted by Gasteiger charge is -2.19. The second-order valence-electron chi connectivity index (χ2n) is 7.65. The van der Waals surface area contributed by atoms with Crippen molar-refractivity contribution in [1.82, 2.24) is 24.5 Å². The highest BCUT2D eigenvalue weighted by atomic mass is 19.4. The summed E-state index contributed by atoms with van der Waals surface area (Å²) in [6, 6.07) is 9.46. The highest BCUT2D eigenvalue weighted by Gasteiger charge is 2.57. The Balaban J connectivity index is 1.48. The summed E-state index contributed by atoms with van der Waals surface area (Å²) in [7, 11) is 0. The normalized spacial score (nSPS) is 16.0. The Morgan fingerprint density at radius 1 is 1.06 bits per heavy atom. The van der Waals surface area contributed by atoms with Crippen LogP contribution in [0, 0.1) is 11.3 Å². The first-order valence-electron chi connectivity index (χ1n) is 9.30. The van der Waals surface area contributed by atoms with Crippen LogP contribution in [0.4, 0.5) is 22.0 Å². The van der Waals surface area contributed by atoms with Gasteiger partial charge in [0.2, 0.25) is 0 Å². The second-order valence-corrected chi connectivity index (χ2v) is 7.65.